The van der Waals surface area contributed by atoms with Crippen molar-refractivity contribution in [2.75, 3.05) is 112 Å². The van der Waals surface area contributed by atoms with Crippen molar-refractivity contribution < 1.29 is 57.1 Å². The van der Waals surface area contributed by atoms with Crippen LogP contribution >= 0.6 is 0 Å². The third-order valence-electron chi connectivity index (χ3n) is 6.11. The van der Waals surface area contributed by atoms with Crippen molar-refractivity contribution in [1.82, 2.24) is 21.3 Å². The van der Waals surface area contributed by atoms with Gasteiger partial charge in [0.05, 0.1) is 92.0 Å². The summed E-state index contributed by atoms with van der Waals surface area (Å²) in [6.45, 7) is 20.1. The summed E-state index contributed by atoms with van der Waals surface area (Å²) < 4.78 is 46.4. The van der Waals surface area contributed by atoms with Gasteiger partial charge in [-0.15, -0.1) is 0 Å². The summed E-state index contributed by atoms with van der Waals surface area (Å²) in [6, 6.07) is 0. The molecule has 280 valence electrons. The van der Waals surface area contributed by atoms with Crippen LogP contribution < -0.4 is 21.3 Å². The maximum Gasteiger partial charge on any atom is 0.243 e. The molecule has 0 saturated heterocycles. The fourth-order valence-corrected chi connectivity index (χ4v) is 3.67. The van der Waals surface area contributed by atoms with Crippen LogP contribution in [-0.2, 0) is 57.1 Å². The third kappa shape index (κ3) is 28.1. The molecular formula is C33H56N4O12. The molecule has 4 amide bonds. The molecule has 0 aromatic carbocycles. The van der Waals surface area contributed by atoms with E-state index < -0.39 is 18.3 Å². The Labute approximate surface area is 289 Å². The molecule has 0 aromatic rings. The molecule has 0 radical (unpaired) electrons. The molecule has 0 heterocycles. The fraction of sp³-hybridized carbons (Fsp3) is 0.636. The van der Waals surface area contributed by atoms with Gasteiger partial charge >= 0.3 is 0 Å². The third-order valence-corrected chi connectivity index (χ3v) is 6.11. The van der Waals surface area contributed by atoms with Crippen molar-refractivity contribution in [2.24, 2.45) is 0 Å². The van der Waals surface area contributed by atoms with E-state index in [1.807, 2.05) is 6.92 Å². The zero-order valence-electron chi connectivity index (χ0n) is 28.8. The van der Waals surface area contributed by atoms with E-state index in [-0.39, 0.29) is 96.3 Å². The highest BCUT2D eigenvalue weighted by atomic mass is 16.6. The van der Waals surface area contributed by atoms with Gasteiger partial charge in [-0.3, -0.25) is 19.2 Å². The second-order valence-corrected chi connectivity index (χ2v) is 9.83. The van der Waals surface area contributed by atoms with E-state index in [2.05, 4.69) is 47.6 Å². The first-order chi connectivity index (χ1) is 23.8. The first kappa shape index (κ1) is 45.5. The second-order valence-electron chi connectivity index (χ2n) is 9.83. The summed E-state index contributed by atoms with van der Waals surface area (Å²) in [5, 5.41) is 10.5. The molecule has 0 fully saturated rings. The Morgan fingerprint density at radius 2 is 0.796 bits per heavy atom. The molecule has 3 unspecified atom stereocenters. The minimum atomic E-state index is -0.599. The first-order valence-corrected chi connectivity index (χ1v) is 16.1. The average Bonchev–Trinajstić information content (AvgIpc) is 3.11. The van der Waals surface area contributed by atoms with Gasteiger partial charge in [-0.05, 0) is 31.2 Å². The number of nitrogens with one attached hydrogen (secondary N) is 4. The lowest BCUT2D eigenvalue weighted by molar-refractivity contribution is -0.164. The Balaban J connectivity index is 5.15. The van der Waals surface area contributed by atoms with E-state index in [0.29, 0.717) is 39.4 Å². The predicted molar refractivity (Wildman–Crippen MR) is 182 cm³/mol. The van der Waals surface area contributed by atoms with Crippen molar-refractivity contribution in [3.8, 4) is 0 Å². The monoisotopic (exact) mass is 700 g/mol. The lowest BCUT2D eigenvalue weighted by Crippen LogP contribution is -2.45. The van der Waals surface area contributed by atoms with Crippen molar-refractivity contribution >= 4 is 23.6 Å². The van der Waals surface area contributed by atoms with Crippen LogP contribution in [0.3, 0.4) is 0 Å². The van der Waals surface area contributed by atoms with Crippen molar-refractivity contribution in [2.45, 2.75) is 25.2 Å². The Kier molecular flexibility index (Phi) is 30.7. The maximum atomic E-state index is 11.3. The van der Waals surface area contributed by atoms with Gasteiger partial charge in [0.15, 0.2) is 0 Å². The number of hydrogen-bond donors (Lipinski definition) is 4. The highest BCUT2D eigenvalue weighted by molar-refractivity contribution is 5.87. The van der Waals surface area contributed by atoms with Gasteiger partial charge in [0.1, 0.15) is 12.2 Å². The molecule has 16 heteroatoms. The first-order valence-electron chi connectivity index (χ1n) is 16.1. The van der Waals surface area contributed by atoms with E-state index in [9.17, 15) is 19.2 Å². The number of carbonyl (C=O) groups is 4. The second kappa shape index (κ2) is 33.0. The van der Waals surface area contributed by atoms with Crippen molar-refractivity contribution in [3.05, 3.63) is 50.6 Å². The predicted octanol–water partition coefficient (Wildman–Crippen LogP) is -0.546. The van der Waals surface area contributed by atoms with E-state index in [1.54, 1.807) is 0 Å². The summed E-state index contributed by atoms with van der Waals surface area (Å²) >= 11 is 0. The Bertz CT molecular complexity index is 953. The highest BCUT2D eigenvalue weighted by Gasteiger charge is 2.30. The summed E-state index contributed by atoms with van der Waals surface area (Å²) in [4.78, 5) is 45.1. The fourth-order valence-electron chi connectivity index (χ4n) is 3.67. The van der Waals surface area contributed by atoms with E-state index in [1.165, 1.54) is 24.3 Å². The summed E-state index contributed by atoms with van der Waals surface area (Å²) in [6.07, 6.45) is 3.09. The molecule has 0 spiro atoms. The topological polar surface area (TPSA) is 190 Å². The normalized spacial score (nSPS) is 12.6. The highest BCUT2D eigenvalue weighted by Crippen LogP contribution is 2.14. The van der Waals surface area contributed by atoms with Gasteiger partial charge in [-0.1, -0.05) is 26.3 Å². The zero-order valence-corrected chi connectivity index (χ0v) is 28.8. The van der Waals surface area contributed by atoms with Crippen LogP contribution in [-0.4, -0.2) is 154 Å². The van der Waals surface area contributed by atoms with E-state index in [4.69, 9.17) is 37.9 Å². The van der Waals surface area contributed by atoms with Crippen LogP contribution in [0, 0.1) is 0 Å². The van der Waals surface area contributed by atoms with Gasteiger partial charge in [0.2, 0.25) is 23.6 Å². The van der Waals surface area contributed by atoms with Crippen LogP contribution in [0.25, 0.3) is 0 Å². The average molecular weight is 701 g/mol. The molecule has 3 atom stereocenters. The van der Waals surface area contributed by atoms with E-state index >= 15 is 0 Å². The largest absolute Gasteiger partial charge is 0.377 e. The van der Waals surface area contributed by atoms with Crippen LogP contribution in [0.2, 0.25) is 0 Å². The smallest absolute Gasteiger partial charge is 0.243 e. The van der Waals surface area contributed by atoms with E-state index in [0.717, 1.165) is 0 Å². The molecule has 0 aliphatic carbocycles. The summed E-state index contributed by atoms with van der Waals surface area (Å²) in [5.74, 6) is -1.12. The lowest BCUT2D eigenvalue weighted by atomic mass is 10.1. The van der Waals surface area contributed by atoms with Crippen molar-refractivity contribution in [1.29, 1.82) is 0 Å². The number of rotatable bonds is 35. The Hall–Kier alpha value is -3.48. The summed E-state index contributed by atoms with van der Waals surface area (Å²) in [5.41, 5.74) is 0. The van der Waals surface area contributed by atoms with Gasteiger partial charge in [0, 0.05) is 26.2 Å². The lowest BCUT2D eigenvalue weighted by Gasteiger charge is -2.32. The number of hydrogen-bond acceptors (Lipinski definition) is 12. The molecule has 0 aliphatic rings. The molecular weight excluding hydrogens is 644 g/mol. The molecule has 16 nitrogen and oxygen atoms in total. The molecule has 4 N–H and O–H groups in total. The van der Waals surface area contributed by atoms with Crippen LogP contribution in [0.1, 0.15) is 6.92 Å². The van der Waals surface area contributed by atoms with Gasteiger partial charge in [0.25, 0.3) is 0 Å². The van der Waals surface area contributed by atoms with Gasteiger partial charge < -0.3 is 59.2 Å². The quantitative estimate of drug-likeness (QED) is 0.0489. The van der Waals surface area contributed by atoms with Crippen LogP contribution in [0.4, 0.5) is 0 Å². The van der Waals surface area contributed by atoms with Crippen LogP contribution in [0.5, 0.6) is 0 Å². The van der Waals surface area contributed by atoms with Gasteiger partial charge in [-0.25, -0.2) is 0 Å². The SMILES string of the molecule is C=CC(=O)NCCOCCOCC(OCCOCCNC(=O)C=C)C(OCCOCCNC(=O)C=C)C(C)OCCOCCNC(=O)C=C. The molecule has 49 heavy (non-hydrogen) atoms. The molecule has 0 bridgehead atoms. The molecule has 0 saturated carbocycles. The van der Waals surface area contributed by atoms with Crippen molar-refractivity contribution in [3.63, 3.8) is 0 Å². The number of ether oxygens (including phenoxy) is 8. The zero-order chi connectivity index (χ0) is 36.4. The molecule has 0 aromatic heterocycles. The number of amides is 4. The molecule has 0 aliphatic heterocycles. The minimum Gasteiger partial charge on any atom is -0.377 e. The maximum absolute atomic E-state index is 11.3. The van der Waals surface area contributed by atoms with Gasteiger partial charge in [-0.2, -0.15) is 0 Å². The Morgan fingerprint density at radius 1 is 0.469 bits per heavy atom. The minimum absolute atomic E-state index is 0.137. The number of carbonyl (C=O) groups excluding carboxylic acids is 4. The Morgan fingerprint density at radius 3 is 1.18 bits per heavy atom. The summed E-state index contributed by atoms with van der Waals surface area (Å²) in [7, 11) is 0. The standard InChI is InChI=1S/C33H56N4O12/c1-6-29(38)34-10-14-42-18-19-46-26-28(48-24-21-44-16-12-36-31(40)8-3)33(49-25-22-45-17-13-37-32(41)9-4)27(5)47-23-20-43-15-11-35-30(39)7-2/h6-9,27-28,33H,1-4,10-26H2,5H3,(H,34,38)(H,35,39)(H,36,40)(H,37,41). The molecule has 0 rings (SSSR count). The van der Waals surface area contributed by atoms with Crippen LogP contribution in [0.15, 0.2) is 50.6 Å².